The van der Waals surface area contributed by atoms with Crippen LogP contribution in [0.4, 0.5) is 0 Å². The third-order valence-electron chi connectivity index (χ3n) is 3.93. The third-order valence-corrected chi connectivity index (χ3v) is 4.17. The molecule has 1 aromatic carbocycles. The molecule has 3 rings (SSSR count). The van der Waals surface area contributed by atoms with Crippen molar-refractivity contribution in [2.45, 2.75) is 13.5 Å². The van der Waals surface area contributed by atoms with E-state index in [0.29, 0.717) is 10.9 Å². The second kappa shape index (κ2) is 6.18. The van der Waals surface area contributed by atoms with E-state index in [1.807, 2.05) is 31.2 Å². The summed E-state index contributed by atoms with van der Waals surface area (Å²) in [7, 11) is 2.16. The molecule has 0 N–H and O–H groups in total. The van der Waals surface area contributed by atoms with Gasteiger partial charge in [0.2, 0.25) is 5.89 Å². The van der Waals surface area contributed by atoms with E-state index in [1.54, 1.807) is 0 Å². The summed E-state index contributed by atoms with van der Waals surface area (Å²) in [5.74, 6) is 1.54. The lowest BCUT2D eigenvalue weighted by atomic mass is 10.2. The molecule has 4 nitrogen and oxygen atoms in total. The van der Waals surface area contributed by atoms with E-state index >= 15 is 0 Å². The van der Waals surface area contributed by atoms with Crippen molar-refractivity contribution in [1.82, 2.24) is 14.8 Å². The first-order valence-corrected chi connectivity index (χ1v) is 7.63. The maximum atomic E-state index is 6.03. The van der Waals surface area contributed by atoms with E-state index in [0.717, 1.165) is 49.7 Å². The van der Waals surface area contributed by atoms with Gasteiger partial charge in [0.15, 0.2) is 0 Å². The molecule has 0 amide bonds. The zero-order valence-corrected chi connectivity index (χ0v) is 13.2. The molecular formula is C16H20ClN3O. The van der Waals surface area contributed by atoms with Gasteiger partial charge in [-0.1, -0.05) is 17.7 Å². The minimum absolute atomic E-state index is 0.652. The minimum atomic E-state index is 0.652. The first kappa shape index (κ1) is 14.6. The lowest BCUT2D eigenvalue weighted by Gasteiger charge is -2.31. The standard InChI is InChI=1S/C16H20ClN3O/c1-12-15(11-20-8-6-19(2)7-9-20)18-16(21-12)13-4-3-5-14(17)10-13/h3-5,10H,6-9,11H2,1-2H3. The van der Waals surface area contributed by atoms with Crippen molar-refractivity contribution in [3.63, 3.8) is 0 Å². The summed E-state index contributed by atoms with van der Waals surface area (Å²) in [4.78, 5) is 9.43. The van der Waals surface area contributed by atoms with Crippen molar-refractivity contribution in [3.05, 3.63) is 40.7 Å². The van der Waals surface area contributed by atoms with Gasteiger partial charge in [-0.15, -0.1) is 0 Å². The number of aryl methyl sites for hydroxylation is 1. The number of aromatic nitrogens is 1. The van der Waals surface area contributed by atoms with Crippen molar-refractivity contribution in [2.24, 2.45) is 0 Å². The molecule has 0 radical (unpaired) electrons. The SMILES string of the molecule is Cc1oc(-c2cccc(Cl)c2)nc1CN1CCN(C)CC1. The predicted molar refractivity (Wildman–Crippen MR) is 84.5 cm³/mol. The van der Waals surface area contributed by atoms with Gasteiger partial charge in [-0.3, -0.25) is 4.90 Å². The Hall–Kier alpha value is -1.36. The molecular weight excluding hydrogens is 286 g/mol. The molecule has 0 unspecified atom stereocenters. The van der Waals surface area contributed by atoms with Crippen LogP contribution in [0.25, 0.3) is 11.5 Å². The Kier molecular flexibility index (Phi) is 4.29. The summed E-state index contributed by atoms with van der Waals surface area (Å²) >= 11 is 6.03. The first-order valence-electron chi connectivity index (χ1n) is 7.25. The average molecular weight is 306 g/mol. The smallest absolute Gasteiger partial charge is 0.226 e. The van der Waals surface area contributed by atoms with Crippen molar-refractivity contribution >= 4 is 11.6 Å². The Morgan fingerprint density at radius 3 is 2.71 bits per heavy atom. The molecule has 1 aliphatic heterocycles. The highest BCUT2D eigenvalue weighted by Gasteiger charge is 2.18. The number of nitrogens with zero attached hydrogens (tertiary/aromatic N) is 3. The van der Waals surface area contributed by atoms with Gasteiger partial charge in [0.25, 0.3) is 0 Å². The third kappa shape index (κ3) is 3.46. The van der Waals surface area contributed by atoms with E-state index in [9.17, 15) is 0 Å². The quantitative estimate of drug-likeness (QED) is 0.872. The van der Waals surface area contributed by atoms with Crippen molar-refractivity contribution < 1.29 is 4.42 Å². The molecule has 5 heteroatoms. The van der Waals surface area contributed by atoms with Crippen LogP contribution in [0.5, 0.6) is 0 Å². The number of hydrogen-bond donors (Lipinski definition) is 0. The van der Waals surface area contributed by atoms with E-state index < -0.39 is 0 Å². The summed E-state index contributed by atoms with van der Waals surface area (Å²) in [5, 5.41) is 0.698. The van der Waals surface area contributed by atoms with Gasteiger partial charge < -0.3 is 9.32 Å². The number of benzene rings is 1. The lowest BCUT2D eigenvalue weighted by Crippen LogP contribution is -2.44. The van der Waals surface area contributed by atoms with Crippen molar-refractivity contribution in [2.75, 3.05) is 33.2 Å². The van der Waals surface area contributed by atoms with E-state index in [2.05, 4.69) is 21.8 Å². The van der Waals surface area contributed by atoms with Crippen LogP contribution in [0.2, 0.25) is 5.02 Å². The Labute approximate surface area is 130 Å². The Morgan fingerprint density at radius 1 is 1.24 bits per heavy atom. The van der Waals surface area contributed by atoms with E-state index in [4.69, 9.17) is 16.0 Å². The molecule has 0 aliphatic carbocycles. The van der Waals surface area contributed by atoms with Gasteiger partial charge in [0, 0.05) is 43.3 Å². The molecule has 2 heterocycles. The van der Waals surface area contributed by atoms with Crippen LogP contribution in [-0.2, 0) is 6.54 Å². The van der Waals surface area contributed by atoms with Crippen LogP contribution < -0.4 is 0 Å². The first-order chi connectivity index (χ1) is 10.1. The molecule has 1 fully saturated rings. The molecule has 21 heavy (non-hydrogen) atoms. The average Bonchev–Trinajstić information content (AvgIpc) is 2.83. The molecule has 0 bridgehead atoms. The lowest BCUT2D eigenvalue weighted by molar-refractivity contribution is 0.146. The zero-order chi connectivity index (χ0) is 14.8. The molecule has 112 valence electrons. The zero-order valence-electron chi connectivity index (χ0n) is 12.5. The highest BCUT2D eigenvalue weighted by molar-refractivity contribution is 6.30. The Morgan fingerprint density at radius 2 is 2.00 bits per heavy atom. The van der Waals surface area contributed by atoms with Crippen LogP contribution in [0.15, 0.2) is 28.7 Å². The van der Waals surface area contributed by atoms with Crippen LogP contribution in [0.1, 0.15) is 11.5 Å². The van der Waals surface area contributed by atoms with Gasteiger partial charge in [0.1, 0.15) is 5.76 Å². The minimum Gasteiger partial charge on any atom is -0.441 e. The number of likely N-dealkylation sites (N-methyl/N-ethyl adjacent to an activating group) is 1. The summed E-state index contributed by atoms with van der Waals surface area (Å²) in [6.45, 7) is 7.21. The van der Waals surface area contributed by atoms with Gasteiger partial charge in [-0.05, 0) is 32.2 Å². The second-order valence-corrected chi connectivity index (χ2v) is 6.05. The molecule has 2 aromatic rings. The normalized spacial score (nSPS) is 17.3. The maximum absolute atomic E-state index is 6.03. The van der Waals surface area contributed by atoms with Gasteiger partial charge in [-0.2, -0.15) is 0 Å². The van der Waals surface area contributed by atoms with E-state index in [-0.39, 0.29) is 0 Å². The topological polar surface area (TPSA) is 32.5 Å². The predicted octanol–water partition coefficient (Wildman–Crippen LogP) is 3.05. The molecule has 1 aliphatic rings. The number of hydrogen-bond acceptors (Lipinski definition) is 4. The largest absolute Gasteiger partial charge is 0.441 e. The van der Waals surface area contributed by atoms with Crippen molar-refractivity contribution in [1.29, 1.82) is 0 Å². The molecule has 1 aromatic heterocycles. The molecule has 0 spiro atoms. The number of halogens is 1. The second-order valence-electron chi connectivity index (χ2n) is 5.61. The molecule has 0 saturated carbocycles. The summed E-state index contributed by atoms with van der Waals surface area (Å²) in [6, 6.07) is 7.62. The van der Waals surface area contributed by atoms with Gasteiger partial charge in [-0.25, -0.2) is 4.98 Å². The fraction of sp³-hybridized carbons (Fsp3) is 0.438. The number of oxazole rings is 1. The number of piperazine rings is 1. The highest BCUT2D eigenvalue weighted by Crippen LogP contribution is 2.25. The molecule has 0 atom stereocenters. The highest BCUT2D eigenvalue weighted by atomic mass is 35.5. The fourth-order valence-corrected chi connectivity index (χ4v) is 2.73. The Balaban J connectivity index is 1.75. The van der Waals surface area contributed by atoms with Gasteiger partial charge >= 0.3 is 0 Å². The van der Waals surface area contributed by atoms with E-state index in [1.165, 1.54) is 0 Å². The summed E-state index contributed by atoms with van der Waals surface area (Å²) < 4.78 is 5.81. The van der Waals surface area contributed by atoms with Crippen molar-refractivity contribution in [3.8, 4) is 11.5 Å². The van der Waals surface area contributed by atoms with Gasteiger partial charge in [0.05, 0.1) is 5.69 Å². The van der Waals surface area contributed by atoms with Crippen LogP contribution in [0, 0.1) is 6.92 Å². The number of rotatable bonds is 3. The summed E-state index contributed by atoms with van der Waals surface area (Å²) in [6.07, 6.45) is 0. The van der Waals surface area contributed by atoms with Crippen LogP contribution in [0.3, 0.4) is 0 Å². The maximum Gasteiger partial charge on any atom is 0.226 e. The Bertz CT molecular complexity index is 618. The van der Waals surface area contributed by atoms with Crippen LogP contribution in [-0.4, -0.2) is 48.0 Å². The summed E-state index contributed by atoms with van der Waals surface area (Å²) in [5.41, 5.74) is 1.95. The molecule has 1 saturated heterocycles. The fourth-order valence-electron chi connectivity index (χ4n) is 2.54. The monoisotopic (exact) mass is 305 g/mol. The van der Waals surface area contributed by atoms with Crippen LogP contribution >= 0.6 is 11.6 Å².